The summed E-state index contributed by atoms with van der Waals surface area (Å²) in [6.07, 6.45) is 2.32. The molecule has 0 spiro atoms. The average Bonchev–Trinajstić information content (AvgIpc) is 3.71. The van der Waals surface area contributed by atoms with E-state index in [2.05, 4.69) is 4.98 Å². The molecule has 12 heteroatoms. The summed E-state index contributed by atoms with van der Waals surface area (Å²) in [5.74, 6) is -4.00. The van der Waals surface area contributed by atoms with E-state index in [0.29, 0.717) is 5.69 Å². The number of esters is 4. The van der Waals surface area contributed by atoms with Gasteiger partial charge in [0.1, 0.15) is 11.3 Å². The van der Waals surface area contributed by atoms with E-state index in [0.717, 1.165) is 26.9 Å². The third kappa shape index (κ3) is 6.17. The maximum atomic E-state index is 13.4. The van der Waals surface area contributed by atoms with Crippen molar-refractivity contribution in [3.05, 3.63) is 95.2 Å². The fourth-order valence-electron chi connectivity index (χ4n) is 4.30. The Kier molecular flexibility index (Phi) is 9.40. The topological polar surface area (TPSA) is 148 Å². The minimum Gasteiger partial charge on any atom is -0.469 e. The van der Waals surface area contributed by atoms with Gasteiger partial charge in [-0.3, -0.25) is 9.78 Å². The molecule has 0 N–H and O–H groups in total. The molecule has 222 valence electrons. The third-order valence-corrected chi connectivity index (χ3v) is 6.30. The fraction of sp³-hybridized carbons (Fsp3) is 0.194. The molecule has 0 bridgehead atoms. The molecule has 1 aromatic carbocycles. The van der Waals surface area contributed by atoms with Crippen molar-refractivity contribution >= 4 is 40.9 Å². The minimum absolute atomic E-state index is 0.0249. The maximum Gasteiger partial charge on any atom is 0.374 e. The van der Waals surface area contributed by atoms with Gasteiger partial charge in [0.2, 0.25) is 5.76 Å². The highest BCUT2D eigenvalue weighted by Gasteiger charge is 2.39. The van der Waals surface area contributed by atoms with Gasteiger partial charge >= 0.3 is 23.9 Å². The van der Waals surface area contributed by atoms with Crippen LogP contribution < -0.4 is 4.90 Å². The molecule has 0 aliphatic carbocycles. The van der Waals surface area contributed by atoms with Crippen molar-refractivity contribution < 1.29 is 47.0 Å². The van der Waals surface area contributed by atoms with E-state index in [1.165, 1.54) is 24.5 Å². The Bertz CT molecular complexity index is 1650. The maximum absolute atomic E-state index is 13.4. The lowest BCUT2D eigenvalue weighted by Crippen LogP contribution is -2.25. The number of anilines is 2. The number of methoxy groups -OCH3 is 4. The number of nitrogens with zero attached hydrogens (tertiary/aromatic N) is 2. The van der Waals surface area contributed by atoms with Crippen molar-refractivity contribution in [3.8, 4) is 11.5 Å². The Morgan fingerprint density at radius 1 is 0.837 bits per heavy atom. The SMILES string of the molecule is COC(=O)C/C(C(=O)OC)=C(/c1ccccn1)N(c1ccc(C)cc1)c1c(-c2ccco2)oc(C(=O)OC)c1C(=O)OC. The van der Waals surface area contributed by atoms with E-state index in [1.54, 1.807) is 54.6 Å². The van der Waals surface area contributed by atoms with Gasteiger partial charge in [-0.1, -0.05) is 23.8 Å². The molecule has 43 heavy (non-hydrogen) atoms. The molecule has 0 aliphatic heterocycles. The van der Waals surface area contributed by atoms with Gasteiger partial charge in [0.25, 0.3) is 0 Å². The van der Waals surface area contributed by atoms with Crippen molar-refractivity contribution in [3.63, 3.8) is 0 Å². The smallest absolute Gasteiger partial charge is 0.374 e. The summed E-state index contributed by atoms with van der Waals surface area (Å²) in [5.41, 5.74) is 0.946. The zero-order valence-electron chi connectivity index (χ0n) is 24.0. The zero-order valence-corrected chi connectivity index (χ0v) is 24.0. The van der Waals surface area contributed by atoms with Crippen LogP contribution in [0.2, 0.25) is 0 Å². The van der Waals surface area contributed by atoms with E-state index in [1.807, 2.05) is 6.92 Å². The third-order valence-electron chi connectivity index (χ3n) is 6.30. The van der Waals surface area contributed by atoms with Crippen molar-refractivity contribution in [2.45, 2.75) is 13.3 Å². The summed E-state index contributed by atoms with van der Waals surface area (Å²) in [5, 5.41) is 0. The molecule has 3 heterocycles. The van der Waals surface area contributed by atoms with Crippen LogP contribution in [0.3, 0.4) is 0 Å². The van der Waals surface area contributed by atoms with E-state index in [4.69, 9.17) is 27.8 Å². The van der Waals surface area contributed by atoms with Gasteiger partial charge in [-0.15, -0.1) is 0 Å². The van der Waals surface area contributed by atoms with Crippen LogP contribution in [0.15, 0.2) is 81.5 Å². The molecular formula is C31H28N2O10. The Morgan fingerprint density at radius 2 is 1.56 bits per heavy atom. The summed E-state index contributed by atoms with van der Waals surface area (Å²) >= 11 is 0. The molecule has 4 rings (SSSR count). The molecule has 3 aromatic heterocycles. The van der Waals surface area contributed by atoms with E-state index < -0.39 is 36.1 Å². The van der Waals surface area contributed by atoms with Crippen LogP contribution in [0.25, 0.3) is 17.2 Å². The summed E-state index contributed by atoms with van der Waals surface area (Å²) in [4.78, 5) is 58.4. The number of hydrogen-bond acceptors (Lipinski definition) is 12. The zero-order chi connectivity index (χ0) is 31.1. The molecule has 0 unspecified atom stereocenters. The average molecular weight is 589 g/mol. The number of rotatable bonds is 10. The van der Waals surface area contributed by atoms with Crippen LogP contribution in [0.4, 0.5) is 11.4 Å². The quantitative estimate of drug-likeness (QED) is 0.138. The van der Waals surface area contributed by atoms with Crippen LogP contribution in [-0.4, -0.2) is 57.3 Å². The molecule has 0 amide bonds. The van der Waals surface area contributed by atoms with E-state index in [-0.39, 0.29) is 39.7 Å². The molecule has 0 saturated carbocycles. The van der Waals surface area contributed by atoms with Crippen molar-refractivity contribution in [1.82, 2.24) is 4.98 Å². The number of carbonyl (C=O) groups excluding carboxylic acids is 4. The number of furan rings is 2. The highest BCUT2D eigenvalue weighted by Crippen LogP contribution is 2.47. The Labute approximate surface area is 246 Å². The number of benzene rings is 1. The van der Waals surface area contributed by atoms with Crippen LogP contribution >= 0.6 is 0 Å². The lowest BCUT2D eigenvalue weighted by Gasteiger charge is -2.29. The van der Waals surface area contributed by atoms with Crippen molar-refractivity contribution in [2.75, 3.05) is 33.3 Å². The first-order chi connectivity index (χ1) is 20.7. The van der Waals surface area contributed by atoms with Crippen molar-refractivity contribution in [2.24, 2.45) is 0 Å². The second-order valence-electron chi connectivity index (χ2n) is 8.90. The lowest BCUT2D eigenvalue weighted by atomic mass is 10.0. The predicted molar refractivity (Wildman–Crippen MR) is 152 cm³/mol. The number of aryl methyl sites for hydroxylation is 1. The highest BCUT2D eigenvalue weighted by atomic mass is 16.5. The van der Waals surface area contributed by atoms with Gasteiger partial charge in [-0.2, -0.15) is 0 Å². The van der Waals surface area contributed by atoms with Crippen LogP contribution in [0.5, 0.6) is 0 Å². The number of aromatic nitrogens is 1. The van der Waals surface area contributed by atoms with Gasteiger partial charge in [0.05, 0.1) is 58.1 Å². The highest BCUT2D eigenvalue weighted by molar-refractivity contribution is 6.13. The standard InChI is InChI=1S/C31H28N2O10/c1-18-11-13-19(14-12-18)33(25(21-9-6-7-15-32-21)20(29(35)39-3)17-23(34)38-2)26-24(30(36)40-4)28(31(37)41-5)43-27(26)22-10-8-16-42-22/h6-16H,17H2,1-5H3/b25-20+. The van der Waals surface area contributed by atoms with Gasteiger partial charge in [-0.05, 0) is 43.3 Å². The first-order valence-corrected chi connectivity index (χ1v) is 12.8. The molecule has 0 radical (unpaired) electrons. The van der Waals surface area contributed by atoms with Gasteiger partial charge in [0, 0.05) is 11.9 Å². The number of ether oxygens (including phenoxy) is 4. The number of carbonyl (C=O) groups is 4. The summed E-state index contributed by atoms with van der Waals surface area (Å²) in [6.45, 7) is 1.88. The van der Waals surface area contributed by atoms with E-state index >= 15 is 0 Å². The monoisotopic (exact) mass is 588 g/mol. The minimum atomic E-state index is -0.977. The molecule has 0 fully saturated rings. The second kappa shape index (κ2) is 13.3. The molecule has 0 aliphatic rings. The van der Waals surface area contributed by atoms with E-state index in [9.17, 15) is 19.2 Å². The fourth-order valence-corrected chi connectivity index (χ4v) is 4.30. The predicted octanol–water partition coefficient (Wildman–Crippen LogP) is 5.10. The number of hydrogen-bond donors (Lipinski definition) is 0. The van der Waals surface area contributed by atoms with Crippen LogP contribution in [0.1, 0.15) is 38.6 Å². The Hall–Kier alpha value is -5.65. The first-order valence-electron chi connectivity index (χ1n) is 12.8. The summed E-state index contributed by atoms with van der Waals surface area (Å²) < 4.78 is 31.6. The number of pyridine rings is 1. The van der Waals surface area contributed by atoms with Crippen molar-refractivity contribution in [1.29, 1.82) is 0 Å². The summed E-state index contributed by atoms with van der Waals surface area (Å²) in [7, 11) is 4.60. The summed E-state index contributed by atoms with van der Waals surface area (Å²) in [6, 6.07) is 15.1. The van der Waals surface area contributed by atoms with Gasteiger partial charge in [0.15, 0.2) is 11.5 Å². The molecular weight excluding hydrogens is 560 g/mol. The van der Waals surface area contributed by atoms with Crippen LogP contribution in [0, 0.1) is 6.92 Å². The molecule has 4 aromatic rings. The Morgan fingerprint density at radius 3 is 2.12 bits per heavy atom. The van der Waals surface area contributed by atoms with Crippen LogP contribution in [-0.2, 0) is 28.5 Å². The lowest BCUT2D eigenvalue weighted by molar-refractivity contribution is -0.143. The molecule has 12 nitrogen and oxygen atoms in total. The first kappa shape index (κ1) is 30.3. The Balaban J connectivity index is 2.27. The molecule has 0 atom stereocenters. The molecule has 0 saturated heterocycles. The van der Waals surface area contributed by atoms with Gasteiger partial charge < -0.3 is 32.7 Å². The second-order valence-corrected chi connectivity index (χ2v) is 8.90. The normalized spacial score (nSPS) is 11.3. The van der Waals surface area contributed by atoms with Gasteiger partial charge in [-0.25, -0.2) is 14.4 Å². The largest absolute Gasteiger partial charge is 0.469 e.